The molecule has 3 nitrogen and oxygen atoms in total. The van der Waals surface area contributed by atoms with Crippen LogP contribution in [0, 0.1) is 0 Å². The maximum Gasteiger partial charge on any atom is 0.126 e. The number of likely N-dealkylation sites (N-methyl/N-ethyl adjacent to an activating group) is 1. The number of para-hydroxylation sites is 1. The second kappa shape index (κ2) is 8.54. The van der Waals surface area contributed by atoms with Gasteiger partial charge in [0.1, 0.15) is 12.4 Å². The molecule has 0 aliphatic carbocycles. The number of aromatic amines is 1. The average Bonchev–Trinajstić information content (AvgIpc) is 3.14. The third-order valence-electron chi connectivity index (χ3n) is 4.55. The molecule has 0 saturated heterocycles. The molecule has 0 saturated carbocycles. The Morgan fingerprint density at radius 2 is 1.68 bits per heavy atom. The van der Waals surface area contributed by atoms with E-state index in [0.717, 1.165) is 36.5 Å². The van der Waals surface area contributed by atoms with E-state index in [9.17, 15) is 0 Å². The van der Waals surface area contributed by atoms with Crippen LogP contribution in [0.5, 0.6) is 5.75 Å². The van der Waals surface area contributed by atoms with Gasteiger partial charge in [-0.25, -0.2) is 0 Å². The van der Waals surface area contributed by atoms with Gasteiger partial charge in [-0.15, -0.1) is 0 Å². The van der Waals surface area contributed by atoms with E-state index in [1.165, 1.54) is 10.9 Å². The van der Waals surface area contributed by atoms with Crippen molar-refractivity contribution in [3.8, 4) is 5.75 Å². The van der Waals surface area contributed by atoms with E-state index < -0.39 is 0 Å². The lowest BCUT2D eigenvalue weighted by molar-refractivity contribution is 0.222. The lowest BCUT2D eigenvalue weighted by Gasteiger charge is -2.18. The minimum absolute atomic E-state index is 0.708. The van der Waals surface area contributed by atoms with Gasteiger partial charge in [0, 0.05) is 29.2 Å². The maximum absolute atomic E-state index is 6.03. The van der Waals surface area contributed by atoms with Crippen LogP contribution in [-0.2, 0) is 0 Å². The molecule has 0 spiro atoms. The number of nitrogens with one attached hydrogen (secondary N) is 1. The van der Waals surface area contributed by atoms with Crippen LogP contribution in [0.4, 0.5) is 0 Å². The van der Waals surface area contributed by atoms with Crippen LogP contribution in [-0.4, -0.2) is 36.1 Å². The SMILES string of the molecule is CCN(CC)CCOc1ccccc1/C=C/c1cccc2[nH]ccc12. The van der Waals surface area contributed by atoms with E-state index >= 15 is 0 Å². The van der Waals surface area contributed by atoms with Gasteiger partial charge in [-0.1, -0.05) is 56.3 Å². The summed E-state index contributed by atoms with van der Waals surface area (Å²) in [6, 6.07) is 16.6. The van der Waals surface area contributed by atoms with Gasteiger partial charge in [-0.05, 0) is 36.9 Å². The maximum atomic E-state index is 6.03. The smallest absolute Gasteiger partial charge is 0.126 e. The van der Waals surface area contributed by atoms with Gasteiger partial charge in [-0.2, -0.15) is 0 Å². The molecule has 130 valence electrons. The monoisotopic (exact) mass is 334 g/mol. The molecule has 0 aliphatic heterocycles. The molecule has 3 aromatic rings. The van der Waals surface area contributed by atoms with Crippen LogP contribution in [0.3, 0.4) is 0 Å². The molecule has 1 aromatic heterocycles. The summed E-state index contributed by atoms with van der Waals surface area (Å²) in [5.74, 6) is 0.937. The number of fused-ring (bicyclic) bond motifs is 1. The summed E-state index contributed by atoms with van der Waals surface area (Å²) in [6.07, 6.45) is 6.27. The fourth-order valence-corrected chi connectivity index (χ4v) is 3.01. The van der Waals surface area contributed by atoms with Gasteiger partial charge >= 0.3 is 0 Å². The Morgan fingerprint density at radius 3 is 2.52 bits per heavy atom. The zero-order valence-electron chi connectivity index (χ0n) is 15.0. The predicted molar refractivity (Wildman–Crippen MR) is 107 cm³/mol. The van der Waals surface area contributed by atoms with Gasteiger partial charge in [-0.3, -0.25) is 0 Å². The Hall–Kier alpha value is -2.52. The van der Waals surface area contributed by atoms with E-state index in [-0.39, 0.29) is 0 Å². The number of nitrogens with zero attached hydrogens (tertiary/aromatic N) is 1. The highest BCUT2D eigenvalue weighted by molar-refractivity contribution is 5.91. The number of aromatic nitrogens is 1. The molecular formula is C22H26N2O. The van der Waals surface area contributed by atoms with Crippen molar-refractivity contribution in [3.05, 3.63) is 65.9 Å². The Kier molecular flexibility index (Phi) is 5.91. The Labute approximate surface area is 149 Å². The number of benzene rings is 2. The van der Waals surface area contributed by atoms with Gasteiger partial charge in [0.25, 0.3) is 0 Å². The summed E-state index contributed by atoms with van der Waals surface area (Å²) >= 11 is 0. The number of hydrogen-bond acceptors (Lipinski definition) is 2. The van der Waals surface area contributed by atoms with Crippen molar-refractivity contribution in [3.63, 3.8) is 0 Å². The highest BCUT2D eigenvalue weighted by Crippen LogP contribution is 2.23. The molecule has 1 heterocycles. The molecule has 3 rings (SSSR count). The summed E-state index contributed by atoms with van der Waals surface area (Å²) in [5, 5.41) is 1.23. The first-order chi connectivity index (χ1) is 12.3. The summed E-state index contributed by atoms with van der Waals surface area (Å²) in [6.45, 7) is 8.14. The fourth-order valence-electron chi connectivity index (χ4n) is 3.01. The van der Waals surface area contributed by atoms with Crippen molar-refractivity contribution in [2.75, 3.05) is 26.2 Å². The number of hydrogen-bond donors (Lipinski definition) is 1. The number of ether oxygens (including phenoxy) is 1. The van der Waals surface area contributed by atoms with Crippen LogP contribution in [0.15, 0.2) is 54.7 Å². The van der Waals surface area contributed by atoms with Crippen molar-refractivity contribution < 1.29 is 4.74 Å². The third kappa shape index (κ3) is 4.31. The Balaban J connectivity index is 1.73. The summed E-state index contributed by atoms with van der Waals surface area (Å²) in [7, 11) is 0. The van der Waals surface area contributed by atoms with Gasteiger partial charge < -0.3 is 14.6 Å². The van der Waals surface area contributed by atoms with E-state index in [1.54, 1.807) is 0 Å². The summed E-state index contributed by atoms with van der Waals surface area (Å²) in [5.41, 5.74) is 3.47. The fraction of sp³-hybridized carbons (Fsp3) is 0.273. The van der Waals surface area contributed by atoms with E-state index in [2.05, 4.69) is 66.2 Å². The van der Waals surface area contributed by atoms with Crippen LogP contribution in [0.25, 0.3) is 23.1 Å². The normalized spacial score (nSPS) is 11.6. The highest BCUT2D eigenvalue weighted by Gasteiger charge is 2.03. The van der Waals surface area contributed by atoms with Gasteiger partial charge in [0.05, 0.1) is 0 Å². The van der Waals surface area contributed by atoms with Gasteiger partial charge in [0.15, 0.2) is 0 Å². The van der Waals surface area contributed by atoms with Crippen molar-refractivity contribution in [1.29, 1.82) is 0 Å². The molecule has 0 aliphatic rings. The Morgan fingerprint density at radius 1 is 0.920 bits per heavy atom. The lowest BCUT2D eigenvalue weighted by atomic mass is 10.1. The molecule has 0 amide bonds. The molecule has 0 fully saturated rings. The number of H-pyrrole nitrogens is 1. The van der Waals surface area contributed by atoms with E-state index in [0.29, 0.717) is 6.61 Å². The molecule has 0 atom stereocenters. The van der Waals surface area contributed by atoms with Crippen LogP contribution in [0.1, 0.15) is 25.0 Å². The second-order valence-electron chi connectivity index (χ2n) is 6.03. The number of rotatable bonds is 8. The average molecular weight is 334 g/mol. The van der Waals surface area contributed by atoms with Gasteiger partial charge in [0.2, 0.25) is 0 Å². The zero-order chi connectivity index (χ0) is 17.5. The Bertz CT molecular complexity index is 831. The van der Waals surface area contributed by atoms with Crippen LogP contribution in [0.2, 0.25) is 0 Å². The molecule has 0 unspecified atom stereocenters. The molecule has 25 heavy (non-hydrogen) atoms. The van der Waals surface area contributed by atoms with Crippen molar-refractivity contribution in [2.45, 2.75) is 13.8 Å². The first-order valence-electron chi connectivity index (χ1n) is 9.00. The molecule has 1 N–H and O–H groups in total. The minimum atomic E-state index is 0.708. The summed E-state index contributed by atoms with van der Waals surface area (Å²) < 4.78 is 6.03. The zero-order valence-corrected chi connectivity index (χ0v) is 15.0. The molecule has 0 radical (unpaired) electrons. The topological polar surface area (TPSA) is 28.3 Å². The second-order valence-corrected chi connectivity index (χ2v) is 6.03. The largest absolute Gasteiger partial charge is 0.492 e. The quantitative estimate of drug-likeness (QED) is 0.583. The van der Waals surface area contributed by atoms with Crippen LogP contribution >= 0.6 is 0 Å². The van der Waals surface area contributed by atoms with E-state index in [1.807, 2.05) is 24.4 Å². The van der Waals surface area contributed by atoms with Crippen molar-refractivity contribution in [1.82, 2.24) is 9.88 Å². The third-order valence-corrected chi connectivity index (χ3v) is 4.55. The minimum Gasteiger partial charge on any atom is -0.492 e. The van der Waals surface area contributed by atoms with E-state index in [4.69, 9.17) is 4.74 Å². The molecule has 2 aromatic carbocycles. The summed E-state index contributed by atoms with van der Waals surface area (Å²) in [4.78, 5) is 5.62. The van der Waals surface area contributed by atoms with Crippen molar-refractivity contribution in [2.24, 2.45) is 0 Å². The van der Waals surface area contributed by atoms with Crippen molar-refractivity contribution >= 4 is 23.1 Å². The van der Waals surface area contributed by atoms with Crippen LogP contribution < -0.4 is 4.74 Å². The first-order valence-corrected chi connectivity index (χ1v) is 9.00. The molecular weight excluding hydrogens is 308 g/mol. The lowest BCUT2D eigenvalue weighted by Crippen LogP contribution is -2.27. The molecule has 0 bridgehead atoms. The highest BCUT2D eigenvalue weighted by atomic mass is 16.5. The molecule has 3 heteroatoms. The predicted octanol–water partition coefficient (Wildman–Crippen LogP) is 5.06. The standard InChI is InChI=1S/C22H26N2O/c1-3-24(4-2)16-17-25-22-11-6-5-8-19(22)13-12-18-9-7-10-21-20(18)14-15-23-21/h5-15,23H,3-4,16-17H2,1-2H3/b13-12+. The first kappa shape index (κ1) is 17.3.